The van der Waals surface area contributed by atoms with E-state index in [1.807, 2.05) is 0 Å². The molecular weight excluding hydrogens is 300 g/mol. The molecule has 8 nitrogen and oxygen atoms in total. The van der Waals surface area contributed by atoms with Gasteiger partial charge < -0.3 is 15.6 Å². The van der Waals surface area contributed by atoms with Crippen LogP contribution in [0.1, 0.15) is 23.7 Å². The van der Waals surface area contributed by atoms with Gasteiger partial charge in [-0.05, 0) is 25.1 Å². The van der Waals surface area contributed by atoms with Crippen LogP contribution in [0.2, 0.25) is 0 Å². The van der Waals surface area contributed by atoms with E-state index in [-0.39, 0.29) is 35.8 Å². The van der Waals surface area contributed by atoms with Crippen molar-refractivity contribution >= 4 is 21.9 Å². The van der Waals surface area contributed by atoms with E-state index in [0.717, 1.165) is 6.07 Å². The van der Waals surface area contributed by atoms with E-state index in [4.69, 9.17) is 15.6 Å². The van der Waals surface area contributed by atoms with E-state index in [1.165, 1.54) is 12.1 Å². The Labute approximate surface area is 122 Å². The number of amides is 1. The minimum absolute atomic E-state index is 0.0843. The quantitative estimate of drug-likeness (QED) is 0.614. The summed E-state index contributed by atoms with van der Waals surface area (Å²) in [5, 5.41) is 9.07. The van der Waals surface area contributed by atoms with Crippen LogP contribution in [0.3, 0.4) is 0 Å². The number of sulfonamides is 1. The van der Waals surface area contributed by atoms with Crippen LogP contribution in [-0.2, 0) is 14.8 Å². The molecule has 1 rings (SSSR count). The summed E-state index contributed by atoms with van der Waals surface area (Å²) in [6, 6.07) is 3.50. The molecule has 0 saturated heterocycles. The molecular formula is C12H16N2O6S. The van der Waals surface area contributed by atoms with Crippen LogP contribution >= 0.6 is 0 Å². The van der Waals surface area contributed by atoms with E-state index in [1.54, 1.807) is 6.92 Å². The van der Waals surface area contributed by atoms with Gasteiger partial charge in [0.05, 0.1) is 11.5 Å². The predicted octanol–water partition coefficient (Wildman–Crippen LogP) is -0.0628. The van der Waals surface area contributed by atoms with Crippen molar-refractivity contribution in [3.8, 4) is 5.75 Å². The number of carbonyl (C=O) groups excluding carboxylic acids is 1. The van der Waals surface area contributed by atoms with Gasteiger partial charge in [-0.3, -0.25) is 4.79 Å². The van der Waals surface area contributed by atoms with Crippen molar-refractivity contribution in [3.63, 3.8) is 0 Å². The van der Waals surface area contributed by atoms with Crippen LogP contribution < -0.4 is 15.2 Å². The van der Waals surface area contributed by atoms with E-state index in [2.05, 4.69) is 4.72 Å². The summed E-state index contributed by atoms with van der Waals surface area (Å²) in [5.74, 6) is -1.86. The molecule has 0 atom stereocenters. The van der Waals surface area contributed by atoms with Crippen molar-refractivity contribution in [3.05, 3.63) is 23.8 Å². The lowest BCUT2D eigenvalue weighted by Gasteiger charge is -2.10. The Bertz CT molecular complexity index is 641. The molecule has 0 unspecified atom stereocenters. The Hall–Kier alpha value is -2.13. The fourth-order valence-corrected chi connectivity index (χ4v) is 2.57. The average Bonchev–Trinajstić information content (AvgIpc) is 2.38. The average molecular weight is 316 g/mol. The molecule has 21 heavy (non-hydrogen) atoms. The van der Waals surface area contributed by atoms with Gasteiger partial charge in [-0.15, -0.1) is 0 Å². The summed E-state index contributed by atoms with van der Waals surface area (Å²) in [5.41, 5.74) is 4.65. The summed E-state index contributed by atoms with van der Waals surface area (Å²) >= 11 is 0. The fraction of sp³-hybridized carbons (Fsp3) is 0.333. The third-order valence-electron chi connectivity index (χ3n) is 2.46. The number of nitrogens with one attached hydrogen (secondary N) is 1. The third kappa shape index (κ3) is 4.72. The van der Waals surface area contributed by atoms with Crippen LogP contribution in [0.4, 0.5) is 0 Å². The molecule has 116 valence electrons. The summed E-state index contributed by atoms with van der Waals surface area (Å²) in [7, 11) is -3.92. The lowest BCUT2D eigenvalue weighted by Crippen LogP contribution is -2.28. The number of aromatic carboxylic acids is 1. The lowest BCUT2D eigenvalue weighted by atomic mass is 10.2. The van der Waals surface area contributed by atoms with Gasteiger partial charge in [-0.25, -0.2) is 17.9 Å². The molecule has 0 aliphatic heterocycles. The first-order valence-corrected chi connectivity index (χ1v) is 7.54. The Morgan fingerprint density at radius 3 is 2.57 bits per heavy atom. The zero-order valence-electron chi connectivity index (χ0n) is 11.3. The molecule has 1 aromatic carbocycles. The van der Waals surface area contributed by atoms with Crippen LogP contribution in [0.15, 0.2) is 23.1 Å². The highest BCUT2D eigenvalue weighted by atomic mass is 32.2. The van der Waals surface area contributed by atoms with Gasteiger partial charge in [0.2, 0.25) is 15.9 Å². The van der Waals surface area contributed by atoms with Crippen molar-refractivity contribution in [1.29, 1.82) is 0 Å². The Balaban J connectivity index is 3.04. The monoisotopic (exact) mass is 316 g/mol. The molecule has 0 bridgehead atoms. The second kappa shape index (κ2) is 7.04. The van der Waals surface area contributed by atoms with Crippen molar-refractivity contribution in [1.82, 2.24) is 4.72 Å². The van der Waals surface area contributed by atoms with Gasteiger partial charge in [-0.1, -0.05) is 0 Å². The standard InChI is InChI=1S/C12H16N2O6S/c1-2-20-10-4-3-8(7-9(10)12(16)17)21(18,19)14-6-5-11(13)15/h3-4,7,14H,2,5-6H2,1H3,(H2,13,15)(H,16,17). The first-order chi connectivity index (χ1) is 9.77. The van der Waals surface area contributed by atoms with Crippen LogP contribution in [0.5, 0.6) is 5.75 Å². The Morgan fingerprint density at radius 1 is 1.38 bits per heavy atom. The zero-order valence-corrected chi connectivity index (χ0v) is 12.1. The SMILES string of the molecule is CCOc1ccc(S(=O)(=O)NCCC(N)=O)cc1C(=O)O. The molecule has 1 amide bonds. The lowest BCUT2D eigenvalue weighted by molar-refractivity contribution is -0.117. The number of ether oxygens (including phenoxy) is 1. The first kappa shape index (κ1) is 16.9. The molecule has 4 N–H and O–H groups in total. The van der Waals surface area contributed by atoms with Crippen LogP contribution in [0.25, 0.3) is 0 Å². The summed E-state index contributed by atoms with van der Waals surface area (Å²) < 4.78 is 31.2. The number of benzene rings is 1. The Morgan fingerprint density at radius 2 is 2.05 bits per heavy atom. The number of hydrogen-bond donors (Lipinski definition) is 3. The zero-order chi connectivity index (χ0) is 16.0. The minimum Gasteiger partial charge on any atom is -0.493 e. The molecule has 9 heteroatoms. The van der Waals surface area contributed by atoms with Gasteiger partial charge in [-0.2, -0.15) is 0 Å². The van der Waals surface area contributed by atoms with E-state index >= 15 is 0 Å². The topological polar surface area (TPSA) is 136 Å². The Kier molecular flexibility index (Phi) is 5.68. The van der Waals surface area contributed by atoms with Crippen molar-refractivity contribution < 1.29 is 27.9 Å². The highest BCUT2D eigenvalue weighted by Gasteiger charge is 2.19. The van der Waals surface area contributed by atoms with Crippen molar-refractivity contribution in [2.45, 2.75) is 18.2 Å². The maximum Gasteiger partial charge on any atom is 0.339 e. The van der Waals surface area contributed by atoms with E-state index < -0.39 is 21.9 Å². The molecule has 0 spiro atoms. The highest BCUT2D eigenvalue weighted by molar-refractivity contribution is 7.89. The largest absolute Gasteiger partial charge is 0.493 e. The number of carbonyl (C=O) groups is 2. The second-order valence-electron chi connectivity index (χ2n) is 4.01. The number of rotatable bonds is 8. The summed E-state index contributed by atoms with van der Waals surface area (Å²) in [6.07, 6.45) is -0.151. The number of hydrogen-bond acceptors (Lipinski definition) is 5. The summed E-state index contributed by atoms with van der Waals surface area (Å²) in [6.45, 7) is 1.78. The van der Waals surface area contributed by atoms with E-state index in [0.29, 0.717) is 0 Å². The van der Waals surface area contributed by atoms with Gasteiger partial charge in [0.25, 0.3) is 0 Å². The maximum atomic E-state index is 12.0. The first-order valence-electron chi connectivity index (χ1n) is 6.06. The predicted molar refractivity (Wildman–Crippen MR) is 73.6 cm³/mol. The van der Waals surface area contributed by atoms with Crippen molar-refractivity contribution in [2.24, 2.45) is 5.73 Å². The summed E-state index contributed by atoms with van der Waals surface area (Å²) in [4.78, 5) is 21.5. The third-order valence-corrected chi connectivity index (χ3v) is 3.91. The van der Waals surface area contributed by atoms with Crippen LogP contribution in [-0.4, -0.2) is 38.6 Å². The molecule has 0 radical (unpaired) electrons. The van der Waals surface area contributed by atoms with Gasteiger partial charge in [0.1, 0.15) is 11.3 Å². The molecule has 0 fully saturated rings. The molecule has 0 aliphatic rings. The maximum absolute atomic E-state index is 12.0. The van der Waals surface area contributed by atoms with Gasteiger partial charge in [0.15, 0.2) is 0 Å². The molecule has 0 aromatic heterocycles. The van der Waals surface area contributed by atoms with Crippen LogP contribution in [0, 0.1) is 0 Å². The molecule has 0 saturated carbocycles. The second-order valence-corrected chi connectivity index (χ2v) is 5.78. The normalized spacial score (nSPS) is 11.1. The fourth-order valence-electron chi connectivity index (χ4n) is 1.52. The highest BCUT2D eigenvalue weighted by Crippen LogP contribution is 2.22. The number of nitrogens with two attached hydrogens (primary N) is 1. The molecule has 0 heterocycles. The number of carboxylic acid groups (broad SMARTS) is 1. The number of primary amides is 1. The van der Waals surface area contributed by atoms with Crippen molar-refractivity contribution in [2.75, 3.05) is 13.2 Å². The molecule has 1 aromatic rings. The minimum atomic E-state index is -3.92. The smallest absolute Gasteiger partial charge is 0.339 e. The van der Waals surface area contributed by atoms with E-state index in [9.17, 15) is 18.0 Å². The van der Waals surface area contributed by atoms with Gasteiger partial charge in [0, 0.05) is 13.0 Å². The van der Waals surface area contributed by atoms with Gasteiger partial charge >= 0.3 is 5.97 Å². The molecule has 0 aliphatic carbocycles. The number of carboxylic acids is 1.